The van der Waals surface area contributed by atoms with Gasteiger partial charge in [0.25, 0.3) is 0 Å². The van der Waals surface area contributed by atoms with E-state index in [4.69, 9.17) is 0 Å². The number of thiazole rings is 1. The number of aromatic nitrogens is 1. The van der Waals surface area contributed by atoms with E-state index in [9.17, 15) is 0 Å². The van der Waals surface area contributed by atoms with E-state index in [0.29, 0.717) is 0 Å². The number of guanidine groups is 1. The lowest BCUT2D eigenvalue weighted by atomic mass is 9.93. The van der Waals surface area contributed by atoms with Crippen molar-refractivity contribution in [1.29, 1.82) is 0 Å². The highest BCUT2D eigenvalue weighted by Crippen LogP contribution is 2.19. The summed E-state index contributed by atoms with van der Waals surface area (Å²) >= 11 is 1.77. The number of aryl methyl sites for hydroxylation is 1. The molecule has 0 unspecified atom stereocenters. The van der Waals surface area contributed by atoms with E-state index >= 15 is 0 Å². The summed E-state index contributed by atoms with van der Waals surface area (Å²) in [5, 5.41) is 7.91. The Balaban J connectivity index is 1.63. The highest BCUT2D eigenvalue weighted by atomic mass is 32.1. The van der Waals surface area contributed by atoms with Gasteiger partial charge in [-0.05, 0) is 51.2 Å². The first-order chi connectivity index (χ1) is 11.2. The van der Waals surface area contributed by atoms with Crippen LogP contribution in [0.1, 0.15) is 43.0 Å². The van der Waals surface area contributed by atoms with Crippen LogP contribution in [0.15, 0.2) is 11.2 Å². The first-order valence-corrected chi connectivity index (χ1v) is 9.67. The lowest BCUT2D eigenvalue weighted by Crippen LogP contribution is -2.39. The minimum atomic E-state index is 0.749. The Morgan fingerprint density at radius 2 is 2.13 bits per heavy atom. The number of nitrogens with zero attached hydrogens (tertiary/aromatic N) is 3. The normalized spacial score (nSPS) is 17.4. The van der Waals surface area contributed by atoms with Crippen LogP contribution in [0.4, 0.5) is 0 Å². The van der Waals surface area contributed by atoms with Gasteiger partial charge in [-0.2, -0.15) is 0 Å². The Labute approximate surface area is 144 Å². The Hall–Kier alpha value is -1.14. The van der Waals surface area contributed by atoms with Gasteiger partial charge in [-0.15, -0.1) is 11.3 Å². The van der Waals surface area contributed by atoms with Crippen LogP contribution in [0.3, 0.4) is 0 Å². The summed E-state index contributed by atoms with van der Waals surface area (Å²) in [5.74, 6) is 1.73. The molecule has 0 amide bonds. The fraction of sp³-hybridized carbons (Fsp3) is 0.765. The minimum Gasteiger partial charge on any atom is -0.356 e. The van der Waals surface area contributed by atoms with Crippen molar-refractivity contribution in [3.05, 3.63) is 16.1 Å². The van der Waals surface area contributed by atoms with Gasteiger partial charge in [-0.25, -0.2) is 4.98 Å². The van der Waals surface area contributed by atoms with Crippen molar-refractivity contribution in [2.24, 2.45) is 10.9 Å². The molecule has 0 saturated carbocycles. The van der Waals surface area contributed by atoms with E-state index in [1.165, 1.54) is 43.8 Å². The third-order valence-electron chi connectivity index (χ3n) is 4.58. The third-order valence-corrected chi connectivity index (χ3v) is 5.72. The van der Waals surface area contributed by atoms with Crippen LogP contribution >= 0.6 is 11.3 Å². The average Bonchev–Trinajstić information content (AvgIpc) is 3.06. The molecule has 130 valence electrons. The molecule has 0 radical (unpaired) electrons. The van der Waals surface area contributed by atoms with Crippen LogP contribution in [0.2, 0.25) is 0 Å². The zero-order chi connectivity index (χ0) is 16.5. The maximum atomic E-state index is 4.43. The number of hydrogen-bond acceptors (Lipinski definition) is 4. The summed E-state index contributed by atoms with van der Waals surface area (Å²) < 4.78 is 0. The van der Waals surface area contributed by atoms with Crippen molar-refractivity contribution in [2.45, 2.75) is 46.1 Å². The number of likely N-dealkylation sites (tertiary alicyclic amines) is 1. The Morgan fingerprint density at radius 1 is 1.35 bits per heavy atom. The van der Waals surface area contributed by atoms with Gasteiger partial charge in [-0.3, -0.25) is 4.99 Å². The molecule has 23 heavy (non-hydrogen) atoms. The van der Waals surface area contributed by atoms with Crippen molar-refractivity contribution in [3.8, 4) is 0 Å². The molecule has 1 fully saturated rings. The molecule has 0 aromatic carbocycles. The van der Waals surface area contributed by atoms with Gasteiger partial charge in [0, 0.05) is 24.7 Å². The molecule has 1 saturated heterocycles. The van der Waals surface area contributed by atoms with Crippen molar-refractivity contribution < 1.29 is 0 Å². The highest BCUT2D eigenvalue weighted by Gasteiger charge is 2.17. The maximum Gasteiger partial charge on any atom is 0.191 e. The summed E-state index contributed by atoms with van der Waals surface area (Å²) in [6, 6.07) is 0. The van der Waals surface area contributed by atoms with Crippen LogP contribution < -0.4 is 10.6 Å². The number of nitrogens with one attached hydrogen (secondary N) is 2. The van der Waals surface area contributed by atoms with E-state index < -0.39 is 0 Å². The maximum absolute atomic E-state index is 4.43. The van der Waals surface area contributed by atoms with Crippen molar-refractivity contribution >= 4 is 17.3 Å². The Morgan fingerprint density at radius 3 is 2.74 bits per heavy atom. The fourth-order valence-electron chi connectivity index (χ4n) is 2.96. The molecule has 1 aliphatic heterocycles. The summed E-state index contributed by atoms with van der Waals surface area (Å²) in [5.41, 5.74) is 0. The SMILES string of the molecule is CCc1cnc(CNC(=NC)NCCC2CCN(CC)CC2)s1. The number of piperidine rings is 1. The molecule has 1 aromatic heterocycles. The molecule has 0 atom stereocenters. The largest absolute Gasteiger partial charge is 0.356 e. The summed E-state index contributed by atoms with van der Waals surface area (Å²) in [6.07, 6.45) is 6.93. The van der Waals surface area contributed by atoms with Gasteiger partial charge in [0.1, 0.15) is 5.01 Å². The number of aliphatic imine (C=N–C) groups is 1. The van der Waals surface area contributed by atoms with E-state index in [0.717, 1.165) is 36.4 Å². The number of rotatable bonds is 7. The average molecular weight is 338 g/mol. The molecule has 0 aliphatic carbocycles. The highest BCUT2D eigenvalue weighted by molar-refractivity contribution is 7.11. The molecular formula is C17H31N5S. The van der Waals surface area contributed by atoms with Crippen molar-refractivity contribution in [1.82, 2.24) is 20.5 Å². The van der Waals surface area contributed by atoms with Crippen molar-refractivity contribution in [3.63, 3.8) is 0 Å². The smallest absolute Gasteiger partial charge is 0.191 e. The van der Waals surface area contributed by atoms with Gasteiger partial charge in [0.2, 0.25) is 0 Å². The minimum absolute atomic E-state index is 0.749. The zero-order valence-electron chi connectivity index (χ0n) is 14.8. The Kier molecular flexibility index (Phi) is 7.82. The van der Waals surface area contributed by atoms with Crippen LogP contribution in [0, 0.1) is 5.92 Å². The molecule has 1 aliphatic rings. The fourth-order valence-corrected chi connectivity index (χ4v) is 3.76. The standard InChI is InChI=1S/C17H31N5S/c1-4-15-12-20-16(23-15)13-21-17(18-3)19-9-6-14-7-10-22(5-2)11-8-14/h12,14H,4-11,13H2,1-3H3,(H2,18,19,21). The summed E-state index contributed by atoms with van der Waals surface area (Å²) in [6.45, 7) is 9.88. The van der Waals surface area contributed by atoms with E-state index in [2.05, 4.69) is 39.4 Å². The Bertz CT molecular complexity index is 477. The van der Waals surface area contributed by atoms with Gasteiger partial charge in [0.15, 0.2) is 5.96 Å². The van der Waals surface area contributed by atoms with E-state index in [-0.39, 0.29) is 0 Å². The predicted molar refractivity (Wildman–Crippen MR) is 99.1 cm³/mol. The second kappa shape index (κ2) is 9.88. The molecule has 2 rings (SSSR count). The second-order valence-corrected chi connectivity index (χ2v) is 7.29. The predicted octanol–water partition coefficient (Wildman–Crippen LogP) is 2.49. The first kappa shape index (κ1) is 18.2. The lowest BCUT2D eigenvalue weighted by molar-refractivity contribution is 0.187. The summed E-state index contributed by atoms with van der Waals surface area (Å²) in [4.78, 5) is 12.6. The lowest BCUT2D eigenvalue weighted by Gasteiger charge is -2.31. The van der Waals surface area contributed by atoms with Gasteiger partial charge >= 0.3 is 0 Å². The molecule has 5 nitrogen and oxygen atoms in total. The topological polar surface area (TPSA) is 52.6 Å². The van der Waals surface area contributed by atoms with Crippen LogP contribution in [-0.2, 0) is 13.0 Å². The first-order valence-electron chi connectivity index (χ1n) is 8.85. The second-order valence-electron chi connectivity index (χ2n) is 6.09. The van der Waals surface area contributed by atoms with Crippen LogP contribution in [0.5, 0.6) is 0 Å². The molecule has 1 aromatic rings. The van der Waals surface area contributed by atoms with Crippen LogP contribution in [-0.4, -0.2) is 49.1 Å². The monoisotopic (exact) mass is 337 g/mol. The van der Waals surface area contributed by atoms with E-state index in [1.807, 2.05) is 13.2 Å². The number of hydrogen-bond donors (Lipinski definition) is 2. The van der Waals surface area contributed by atoms with Gasteiger partial charge in [-0.1, -0.05) is 13.8 Å². The summed E-state index contributed by atoms with van der Waals surface area (Å²) in [7, 11) is 1.83. The molecule has 0 bridgehead atoms. The van der Waals surface area contributed by atoms with Gasteiger partial charge < -0.3 is 15.5 Å². The zero-order valence-corrected chi connectivity index (χ0v) is 15.6. The molecule has 6 heteroatoms. The quantitative estimate of drug-likeness (QED) is 0.593. The molecule has 0 spiro atoms. The molecular weight excluding hydrogens is 306 g/mol. The molecule has 2 heterocycles. The van der Waals surface area contributed by atoms with Crippen molar-refractivity contribution in [2.75, 3.05) is 33.2 Å². The molecule has 2 N–H and O–H groups in total. The third kappa shape index (κ3) is 6.11. The van der Waals surface area contributed by atoms with E-state index in [1.54, 1.807) is 11.3 Å². The van der Waals surface area contributed by atoms with Crippen LogP contribution in [0.25, 0.3) is 0 Å². The van der Waals surface area contributed by atoms with Gasteiger partial charge in [0.05, 0.1) is 6.54 Å².